The second kappa shape index (κ2) is 5.14. The first-order valence-electron chi connectivity index (χ1n) is 5.98. The van der Waals surface area contributed by atoms with E-state index in [1.807, 2.05) is 4.57 Å². The van der Waals surface area contributed by atoms with Crippen LogP contribution in [0, 0.1) is 0 Å². The summed E-state index contributed by atoms with van der Waals surface area (Å²) < 4.78 is 7.19. The van der Waals surface area contributed by atoms with Gasteiger partial charge in [0.15, 0.2) is 0 Å². The highest BCUT2D eigenvalue weighted by Gasteiger charge is 2.14. The maximum absolute atomic E-state index is 11.0. The number of nitrogens with zero attached hydrogens (tertiary/aromatic N) is 2. The summed E-state index contributed by atoms with van der Waals surface area (Å²) in [7, 11) is 1.52. The molecule has 1 N–H and O–H groups in total. The summed E-state index contributed by atoms with van der Waals surface area (Å²) in [6, 6.07) is 4.81. The molecule has 2 aromatic rings. The van der Waals surface area contributed by atoms with E-state index < -0.39 is 5.97 Å². The number of hydrogen-bond donors (Lipinski definition) is 1. The highest BCUT2D eigenvalue weighted by molar-refractivity contribution is 5.88. The SMILES string of the molecule is COc1cc(C(=O)O)ccc1-n1cncc1C(C)C. The lowest BCUT2D eigenvalue weighted by Gasteiger charge is -2.14. The van der Waals surface area contributed by atoms with Gasteiger partial charge in [0.25, 0.3) is 0 Å². The number of aromatic nitrogens is 2. The largest absolute Gasteiger partial charge is 0.495 e. The van der Waals surface area contributed by atoms with Gasteiger partial charge >= 0.3 is 5.97 Å². The Morgan fingerprint density at radius 2 is 2.16 bits per heavy atom. The van der Waals surface area contributed by atoms with Crippen LogP contribution in [0.25, 0.3) is 5.69 Å². The molecular formula is C14H16N2O3. The minimum absolute atomic E-state index is 0.201. The maximum atomic E-state index is 11.0. The summed E-state index contributed by atoms with van der Waals surface area (Å²) in [5, 5.41) is 8.99. The normalized spacial score (nSPS) is 10.7. The molecule has 19 heavy (non-hydrogen) atoms. The van der Waals surface area contributed by atoms with Gasteiger partial charge in [-0.05, 0) is 24.1 Å². The first-order chi connectivity index (χ1) is 9.04. The van der Waals surface area contributed by atoms with Crippen LogP contribution in [0.4, 0.5) is 0 Å². The molecule has 2 rings (SSSR count). The molecule has 5 heteroatoms. The molecule has 0 amide bonds. The number of benzene rings is 1. The molecule has 0 atom stereocenters. The molecule has 100 valence electrons. The Labute approximate surface area is 111 Å². The lowest BCUT2D eigenvalue weighted by molar-refractivity contribution is 0.0696. The first kappa shape index (κ1) is 13.1. The maximum Gasteiger partial charge on any atom is 0.335 e. The molecule has 5 nitrogen and oxygen atoms in total. The second-order valence-corrected chi connectivity index (χ2v) is 4.53. The Hall–Kier alpha value is -2.30. The van der Waals surface area contributed by atoms with Gasteiger partial charge in [-0.1, -0.05) is 13.8 Å². The fourth-order valence-electron chi connectivity index (χ4n) is 1.94. The number of methoxy groups -OCH3 is 1. The minimum Gasteiger partial charge on any atom is -0.495 e. The van der Waals surface area contributed by atoms with E-state index in [4.69, 9.17) is 9.84 Å². The van der Waals surface area contributed by atoms with Gasteiger partial charge in [-0.3, -0.25) is 4.57 Å². The molecule has 1 heterocycles. The fourth-order valence-corrected chi connectivity index (χ4v) is 1.94. The molecule has 0 aliphatic heterocycles. The number of imidazole rings is 1. The van der Waals surface area contributed by atoms with Crippen LogP contribution in [0.15, 0.2) is 30.7 Å². The molecule has 0 unspecified atom stereocenters. The van der Waals surface area contributed by atoms with Crippen LogP contribution in [0.2, 0.25) is 0 Å². The molecule has 0 aliphatic carbocycles. The fraction of sp³-hybridized carbons (Fsp3) is 0.286. The van der Waals surface area contributed by atoms with E-state index >= 15 is 0 Å². The zero-order chi connectivity index (χ0) is 14.0. The highest BCUT2D eigenvalue weighted by atomic mass is 16.5. The summed E-state index contributed by atoms with van der Waals surface area (Å²) in [6.45, 7) is 4.15. The summed E-state index contributed by atoms with van der Waals surface area (Å²) in [6.07, 6.45) is 3.50. The van der Waals surface area contributed by atoms with Crippen molar-refractivity contribution in [3.05, 3.63) is 42.0 Å². The molecule has 0 aliphatic rings. The number of carboxylic acid groups (broad SMARTS) is 1. The average Bonchev–Trinajstić information content (AvgIpc) is 2.87. The quantitative estimate of drug-likeness (QED) is 0.918. The smallest absolute Gasteiger partial charge is 0.335 e. The van der Waals surface area contributed by atoms with Gasteiger partial charge in [0.2, 0.25) is 0 Å². The third kappa shape index (κ3) is 2.45. The lowest BCUT2D eigenvalue weighted by atomic mass is 10.1. The number of ether oxygens (including phenoxy) is 1. The van der Waals surface area contributed by atoms with Crippen LogP contribution < -0.4 is 4.74 Å². The van der Waals surface area contributed by atoms with E-state index in [9.17, 15) is 4.79 Å². The summed E-state index contributed by atoms with van der Waals surface area (Å²) in [5.41, 5.74) is 2.03. The predicted octanol–water partition coefficient (Wildman–Crippen LogP) is 2.70. The summed E-state index contributed by atoms with van der Waals surface area (Å²) >= 11 is 0. The molecular weight excluding hydrogens is 244 g/mol. The molecule has 0 bridgehead atoms. The van der Waals surface area contributed by atoms with Crippen molar-refractivity contribution in [3.63, 3.8) is 0 Å². The van der Waals surface area contributed by atoms with E-state index in [1.165, 1.54) is 13.2 Å². The van der Waals surface area contributed by atoms with Gasteiger partial charge in [-0.15, -0.1) is 0 Å². The van der Waals surface area contributed by atoms with Gasteiger partial charge in [0.05, 0.1) is 24.7 Å². The van der Waals surface area contributed by atoms with Crippen LogP contribution in [0.1, 0.15) is 35.8 Å². The number of rotatable bonds is 4. The topological polar surface area (TPSA) is 64.3 Å². The number of carbonyl (C=O) groups is 1. The Morgan fingerprint density at radius 1 is 1.42 bits per heavy atom. The van der Waals surface area contributed by atoms with Crippen LogP contribution >= 0.6 is 0 Å². The van der Waals surface area contributed by atoms with Crippen molar-refractivity contribution >= 4 is 5.97 Å². The molecule has 0 radical (unpaired) electrons. The van der Waals surface area contributed by atoms with Crippen LogP contribution in [-0.2, 0) is 0 Å². The van der Waals surface area contributed by atoms with Gasteiger partial charge in [-0.2, -0.15) is 0 Å². The van der Waals surface area contributed by atoms with Gasteiger partial charge in [0, 0.05) is 11.9 Å². The zero-order valence-corrected chi connectivity index (χ0v) is 11.1. The zero-order valence-electron chi connectivity index (χ0n) is 11.1. The predicted molar refractivity (Wildman–Crippen MR) is 71.2 cm³/mol. The van der Waals surface area contributed by atoms with Crippen LogP contribution in [0.5, 0.6) is 5.75 Å². The molecule has 0 saturated heterocycles. The third-order valence-electron chi connectivity index (χ3n) is 2.94. The van der Waals surface area contributed by atoms with Crippen molar-refractivity contribution in [1.29, 1.82) is 0 Å². The van der Waals surface area contributed by atoms with Gasteiger partial charge < -0.3 is 9.84 Å². The van der Waals surface area contributed by atoms with Crippen LogP contribution in [-0.4, -0.2) is 27.7 Å². The van der Waals surface area contributed by atoms with Crippen molar-refractivity contribution in [2.75, 3.05) is 7.11 Å². The Kier molecular flexibility index (Phi) is 3.55. The average molecular weight is 260 g/mol. The Bertz CT molecular complexity index is 602. The Balaban J connectivity index is 2.56. The van der Waals surface area contributed by atoms with Crippen molar-refractivity contribution < 1.29 is 14.6 Å². The second-order valence-electron chi connectivity index (χ2n) is 4.53. The van der Waals surface area contributed by atoms with E-state index in [1.54, 1.807) is 24.7 Å². The van der Waals surface area contributed by atoms with Gasteiger partial charge in [0.1, 0.15) is 5.75 Å². The Morgan fingerprint density at radius 3 is 2.74 bits per heavy atom. The summed E-state index contributed by atoms with van der Waals surface area (Å²) in [5.74, 6) is -0.147. The van der Waals surface area contributed by atoms with Crippen molar-refractivity contribution in [3.8, 4) is 11.4 Å². The standard InChI is InChI=1S/C14H16N2O3/c1-9(2)12-7-15-8-16(12)11-5-4-10(14(17)18)6-13(11)19-3/h4-9H,1-3H3,(H,17,18). The highest BCUT2D eigenvalue weighted by Crippen LogP contribution is 2.27. The van der Waals surface area contributed by atoms with E-state index in [2.05, 4.69) is 18.8 Å². The molecule has 0 saturated carbocycles. The van der Waals surface area contributed by atoms with E-state index in [0.29, 0.717) is 11.7 Å². The van der Waals surface area contributed by atoms with E-state index in [-0.39, 0.29) is 5.56 Å². The molecule has 0 spiro atoms. The first-order valence-corrected chi connectivity index (χ1v) is 5.98. The van der Waals surface area contributed by atoms with E-state index in [0.717, 1.165) is 11.4 Å². The summed E-state index contributed by atoms with van der Waals surface area (Å²) in [4.78, 5) is 15.1. The monoisotopic (exact) mass is 260 g/mol. The third-order valence-corrected chi connectivity index (χ3v) is 2.94. The van der Waals surface area contributed by atoms with Crippen LogP contribution in [0.3, 0.4) is 0 Å². The molecule has 0 fully saturated rings. The number of hydrogen-bond acceptors (Lipinski definition) is 3. The lowest BCUT2D eigenvalue weighted by Crippen LogP contribution is -2.04. The molecule has 1 aromatic carbocycles. The van der Waals surface area contributed by atoms with Crippen molar-refractivity contribution in [2.24, 2.45) is 0 Å². The number of carboxylic acids is 1. The van der Waals surface area contributed by atoms with Crippen molar-refractivity contribution in [1.82, 2.24) is 9.55 Å². The van der Waals surface area contributed by atoms with Gasteiger partial charge in [-0.25, -0.2) is 9.78 Å². The molecule has 1 aromatic heterocycles. The number of aromatic carboxylic acids is 1. The minimum atomic E-state index is -0.973. The van der Waals surface area contributed by atoms with Crippen molar-refractivity contribution in [2.45, 2.75) is 19.8 Å².